The molecule has 0 saturated heterocycles. The lowest BCUT2D eigenvalue weighted by molar-refractivity contribution is 0.306. The van der Waals surface area contributed by atoms with Crippen molar-refractivity contribution in [3.8, 4) is 5.75 Å². The van der Waals surface area contributed by atoms with Crippen LogP contribution >= 0.6 is 0 Å². The van der Waals surface area contributed by atoms with Crippen LogP contribution in [0.5, 0.6) is 5.75 Å². The molecule has 2 aliphatic rings. The molecule has 2 bridgehead atoms. The van der Waals surface area contributed by atoms with E-state index < -0.39 is 0 Å². The van der Waals surface area contributed by atoms with Crippen LogP contribution < -0.4 is 10.1 Å². The minimum atomic E-state index is -0.183. The smallest absolute Gasteiger partial charge is 0.131 e. The van der Waals surface area contributed by atoms with Gasteiger partial charge in [-0.1, -0.05) is 12.5 Å². The fraction of sp³-hybridized carbons (Fsp3) is 0.647. The predicted octanol–water partition coefficient (Wildman–Crippen LogP) is 3.92. The molecular formula is C17H24FNO. The van der Waals surface area contributed by atoms with Gasteiger partial charge in [-0.05, 0) is 62.6 Å². The Hall–Kier alpha value is -1.09. The number of rotatable bonds is 5. The van der Waals surface area contributed by atoms with Gasteiger partial charge < -0.3 is 10.1 Å². The Morgan fingerprint density at radius 2 is 2.20 bits per heavy atom. The predicted molar refractivity (Wildman–Crippen MR) is 78.3 cm³/mol. The first-order valence-corrected chi connectivity index (χ1v) is 7.74. The third-order valence-electron chi connectivity index (χ3n) is 5.24. The summed E-state index contributed by atoms with van der Waals surface area (Å²) in [6, 6.07) is 5.02. The van der Waals surface area contributed by atoms with E-state index in [0.717, 1.165) is 24.3 Å². The number of hydrogen-bond donors (Lipinski definition) is 1. The summed E-state index contributed by atoms with van der Waals surface area (Å²) < 4.78 is 19.3. The van der Waals surface area contributed by atoms with Crippen molar-refractivity contribution in [2.75, 3.05) is 13.7 Å². The molecule has 1 N–H and O–H groups in total. The minimum absolute atomic E-state index is 0.00900. The van der Waals surface area contributed by atoms with Crippen molar-refractivity contribution in [3.63, 3.8) is 0 Å². The van der Waals surface area contributed by atoms with Crippen molar-refractivity contribution in [2.24, 2.45) is 17.8 Å². The molecule has 0 aliphatic heterocycles. The average molecular weight is 277 g/mol. The lowest BCUT2D eigenvalue weighted by Gasteiger charge is -2.25. The van der Waals surface area contributed by atoms with E-state index in [1.807, 2.05) is 13.0 Å². The van der Waals surface area contributed by atoms with Gasteiger partial charge in [-0.25, -0.2) is 4.39 Å². The molecule has 4 unspecified atom stereocenters. The number of nitrogens with one attached hydrogen (secondary N) is 1. The maximum absolute atomic E-state index is 14.0. The van der Waals surface area contributed by atoms with Crippen LogP contribution in [0.1, 0.15) is 44.2 Å². The van der Waals surface area contributed by atoms with E-state index in [4.69, 9.17) is 4.74 Å². The third kappa shape index (κ3) is 2.56. The number of methoxy groups -OCH3 is 1. The Labute approximate surface area is 120 Å². The highest BCUT2D eigenvalue weighted by Crippen LogP contribution is 2.48. The van der Waals surface area contributed by atoms with E-state index in [-0.39, 0.29) is 11.9 Å². The molecule has 20 heavy (non-hydrogen) atoms. The van der Waals surface area contributed by atoms with Crippen LogP contribution in [0.2, 0.25) is 0 Å². The quantitative estimate of drug-likeness (QED) is 0.880. The summed E-state index contributed by atoms with van der Waals surface area (Å²) in [6.45, 7) is 3.02. The van der Waals surface area contributed by atoms with E-state index >= 15 is 0 Å². The van der Waals surface area contributed by atoms with Crippen LogP contribution in [0, 0.1) is 23.6 Å². The highest BCUT2D eigenvalue weighted by Gasteiger charge is 2.39. The van der Waals surface area contributed by atoms with Gasteiger partial charge >= 0.3 is 0 Å². The fourth-order valence-electron chi connectivity index (χ4n) is 4.17. The van der Waals surface area contributed by atoms with Gasteiger partial charge in [-0.15, -0.1) is 0 Å². The topological polar surface area (TPSA) is 21.3 Å². The molecule has 3 heteroatoms. The van der Waals surface area contributed by atoms with Crippen LogP contribution in [0.15, 0.2) is 18.2 Å². The van der Waals surface area contributed by atoms with Gasteiger partial charge in [0.05, 0.1) is 7.11 Å². The third-order valence-corrected chi connectivity index (χ3v) is 5.24. The number of ether oxygens (including phenoxy) is 1. The fourth-order valence-corrected chi connectivity index (χ4v) is 4.17. The molecule has 0 aromatic heterocycles. The normalized spacial score (nSPS) is 29.6. The highest BCUT2D eigenvalue weighted by molar-refractivity contribution is 5.36. The molecule has 1 aromatic rings. The highest BCUT2D eigenvalue weighted by atomic mass is 19.1. The Morgan fingerprint density at radius 1 is 1.35 bits per heavy atom. The molecular weight excluding hydrogens is 253 g/mol. The lowest BCUT2D eigenvalue weighted by atomic mass is 9.88. The summed E-state index contributed by atoms with van der Waals surface area (Å²) in [5, 5.41) is 3.52. The van der Waals surface area contributed by atoms with E-state index in [0.29, 0.717) is 11.3 Å². The zero-order valence-electron chi connectivity index (χ0n) is 12.4. The first-order valence-electron chi connectivity index (χ1n) is 7.74. The molecule has 2 fully saturated rings. The Kier molecular flexibility index (Phi) is 3.97. The Morgan fingerprint density at radius 3 is 2.85 bits per heavy atom. The number of halogens is 1. The summed E-state index contributed by atoms with van der Waals surface area (Å²) in [6.07, 6.45) is 5.61. The second-order valence-electron chi connectivity index (χ2n) is 6.42. The molecule has 2 nitrogen and oxygen atoms in total. The van der Waals surface area contributed by atoms with E-state index in [9.17, 15) is 4.39 Å². The second kappa shape index (κ2) is 5.72. The molecule has 0 radical (unpaired) electrons. The van der Waals surface area contributed by atoms with Gasteiger partial charge in [0, 0.05) is 11.6 Å². The van der Waals surface area contributed by atoms with Crippen LogP contribution in [0.3, 0.4) is 0 Å². The number of hydrogen-bond acceptors (Lipinski definition) is 2. The largest absolute Gasteiger partial charge is 0.496 e. The van der Waals surface area contributed by atoms with Crippen LogP contribution in [-0.2, 0) is 0 Å². The zero-order valence-corrected chi connectivity index (χ0v) is 12.4. The van der Waals surface area contributed by atoms with Gasteiger partial charge in [0.25, 0.3) is 0 Å². The molecule has 0 heterocycles. The molecule has 2 saturated carbocycles. The van der Waals surface area contributed by atoms with Crippen LogP contribution in [0.25, 0.3) is 0 Å². The van der Waals surface area contributed by atoms with Crippen molar-refractivity contribution < 1.29 is 9.13 Å². The summed E-state index contributed by atoms with van der Waals surface area (Å²) in [5.74, 6) is 3.11. The minimum Gasteiger partial charge on any atom is -0.496 e. The van der Waals surface area contributed by atoms with Gasteiger partial charge in [0.1, 0.15) is 11.6 Å². The molecule has 0 amide bonds. The molecule has 4 atom stereocenters. The Balaban J connectivity index is 1.63. The summed E-state index contributed by atoms with van der Waals surface area (Å²) in [4.78, 5) is 0. The average Bonchev–Trinajstić information content (AvgIpc) is 3.06. The number of fused-ring (bicyclic) bond motifs is 2. The van der Waals surface area contributed by atoms with E-state index in [1.54, 1.807) is 13.2 Å². The van der Waals surface area contributed by atoms with Crippen molar-refractivity contribution in [2.45, 2.75) is 38.6 Å². The maximum Gasteiger partial charge on any atom is 0.131 e. The molecule has 3 rings (SSSR count). The summed E-state index contributed by atoms with van der Waals surface area (Å²) in [5.41, 5.74) is 0.651. The first-order chi connectivity index (χ1) is 9.69. The number of benzene rings is 1. The first kappa shape index (κ1) is 13.9. The van der Waals surface area contributed by atoms with E-state index in [1.165, 1.54) is 31.7 Å². The van der Waals surface area contributed by atoms with Crippen molar-refractivity contribution >= 4 is 0 Å². The molecule has 1 aromatic carbocycles. The monoisotopic (exact) mass is 277 g/mol. The van der Waals surface area contributed by atoms with Crippen LogP contribution in [-0.4, -0.2) is 13.7 Å². The lowest BCUT2D eigenvalue weighted by Crippen LogP contribution is -2.29. The second-order valence-corrected chi connectivity index (χ2v) is 6.42. The van der Waals surface area contributed by atoms with Crippen molar-refractivity contribution in [3.05, 3.63) is 29.6 Å². The van der Waals surface area contributed by atoms with E-state index in [2.05, 4.69) is 5.32 Å². The van der Waals surface area contributed by atoms with Crippen LogP contribution in [0.4, 0.5) is 4.39 Å². The van der Waals surface area contributed by atoms with Gasteiger partial charge in [-0.2, -0.15) is 0 Å². The van der Waals surface area contributed by atoms with Gasteiger partial charge in [0.2, 0.25) is 0 Å². The maximum atomic E-state index is 14.0. The standard InChI is InChI=1S/C17H24FNO/c1-11(17-15(18)4-3-5-16(17)20-2)19-10-14-9-12-6-7-13(14)8-12/h3-5,11-14,19H,6-10H2,1-2H3. The Bertz CT molecular complexity index is 476. The zero-order chi connectivity index (χ0) is 14.1. The summed E-state index contributed by atoms with van der Waals surface area (Å²) in [7, 11) is 1.60. The SMILES string of the molecule is COc1cccc(F)c1C(C)NCC1CC2CCC1C2. The van der Waals surface area contributed by atoms with Gasteiger partial charge in [0.15, 0.2) is 0 Å². The van der Waals surface area contributed by atoms with Gasteiger partial charge in [-0.3, -0.25) is 0 Å². The molecule has 110 valence electrons. The van der Waals surface area contributed by atoms with Crippen molar-refractivity contribution in [1.82, 2.24) is 5.32 Å². The molecule has 0 spiro atoms. The molecule has 2 aliphatic carbocycles. The summed E-state index contributed by atoms with van der Waals surface area (Å²) >= 11 is 0. The van der Waals surface area contributed by atoms with Crippen molar-refractivity contribution in [1.29, 1.82) is 0 Å².